The van der Waals surface area contributed by atoms with E-state index in [2.05, 4.69) is 27.0 Å². The first-order chi connectivity index (χ1) is 13.6. The molecule has 2 aromatic carbocycles. The number of pyridine rings is 1. The number of fused-ring (bicyclic) bond motifs is 1. The van der Waals surface area contributed by atoms with Gasteiger partial charge in [-0.2, -0.15) is 5.26 Å². The molecule has 0 amide bonds. The van der Waals surface area contributed by atoms with Crippen LogP contribution in [0.3, 0.4) is 0 Å². The van der Waals surface area contributed by atoms with E-state index in [4.69, 9.17) is 28.6 Å². The van der Waals surface area contributed by atoms with Crippen molar-refractivity contribution >= 4 is 51.3 Å². The van der Waals surface area contributed by atoms with Crippen LogP contribution in [0.1, 0.15) is 5.56 Å². The van der Waals surface area contributed by atoms with Gasteiger partial charge in [0.25, 0.3) is 0 Å². The van der Waals surface area contributed by atoms with Crippen LogP contribution in [0.4, 0.5) is 11.5 Å². The quantitative estimate of drug-likeness (QED) is 0.415. The van der Waals surface area contributed by atoms with E-state index in [9.17, 15) is 5.26 Å². The lowest BCUT2D eigenvalue weighted by atomic mass is 10.1. The van der Waals surface area contributed by atoms with Crippen LogP contribution in [0.5, 0.6) is 5.75 Å². The summed E-state index contributed by atoms with van der Waals surface area (Å²) in [6, 6.07) is 16.8. The largest absolute Gasteiger partial charge is 0.497 e. The maximum atomic E-state index is 9.42. The second-order valence-corrected chi connectivity index (χ2v) is 6.71. The Morgan fingerprint density at radius 1 is 1.18 bits per heavy atom. The first kappa shape index (κ1) is 19.7. The van der Waals surface area contributed by atoms with Gasteiger partial charge in [-0.05, 0) is 60.7 Å². The van der Waals surface area contributed by atoms with Gasteiger partial charge in [-0.3, -0.25) is 0 Å². The second kappa shape index (κ2) is 9.22. The Hall–Kier alpha value is -3.08. The van der Waals surface area contributed by atoms with Gasteiger partial charge < -0.3 is 20.7 Å². The number of ether oxygens (including phenoxy) is 1. The van der Waals surface area contributed by atoms with Gasteiger partial charge in [0.2, 0.25) is 0 Å². The van der Waals surface area contributed by atoms with Crippen molar-refractivity contribution in [2.75, 3.05) is 30.8 Å². The van der Waals surface area contributed by atoms with Crippen LogP contribution in [0.25, 0.3) is 10.9 Å². The SMILES string of the molecule is COc1ccc2nc(NCCNC(=S)Nc3ccc(Cl)cc3)c(C#N)cc2c1. The molecule has 0 bridgehead atoms. The van der Waals surface area contributed by atoms with Gasteiger partial charge in [0.15, 0.2) is 5.11 Å². The molecule has 28 heavy (non-hydrogen) atoms. The van der Waals surface area contributed by atoms with Gasteiger partial charge in [0.1, 0.15) is 17.6 Å². The van der Waals surface area contributed by atoms with Crippen molar-refractivity contribution in [3.8, 4) is 11.8 Å². The number of hydrogen-bond donors (Lipinski definition) is 3. The van der Waals surface area contributed by atoms with Gasteiger partial charge in [-0.15, -0.1) is 0 Å². The number of anilines is 2. The van der Waals surface area contributed by atoms with E-state index < -0.39 is 0 Å². The van der Waals surface area contributed by atoms with Crippen LogP contribution in [0.2, 0.25) is 5.02 Å². The molecule has 1 heterocycles. The smallest absolute Gasteiger partial charge is 0.170 e. The molecule has 0 atom stereocenters. The van der Waals surface area contributed by atoms with E-state index in [0.717, 1.165) is 22.3 Å². The van der Waals surface area contributed by atoms with Gasteiger partial charge in [0.05, 0.1) is 18.2 Å². The van der Waals surface area contributed by atoms with Crippen molar-refractivity contribution in [2.24, 2.45) is 0 Å². The fourth-order valence-electron chi connectivity index (χ4n) is 2.57. The number of nitriles is 1. The molecule has 0 fully saturated rings. The molecule has 6 nitrogen and oxygen atoms in total. The molecule has 0 aliphatic carbocycles. The molecule has 0 radical (unpaired) electrons. The van der Waals surface area contributed by atoms with E-state index in [1.54, 1.807) is 25.3 Å². The molecule has 0 saturated carbocycles. The summed E-state index contributed by atoms with van der Waals surface area (Å²) < 4.78 is 5.22. The third-order valence-corrected chi connectivity index (χ3v) is 4.45. The second-order valence-electron chi connectivity index (χ2n) is 5.87. The summed E-state index contributed by atoms with van der Waals surface area (Å²) in [7, 11) is 1.61. The number of nitrogens with zero attached hydrogens (tertiary/aromatic N) is 2. The lowest BCUT2D eigenvalue weighted by molar-refractivity contribution is 0.415. The van der Waals surface area contributed by atoms with Gasteiger partial charge in [-0.25, -0.2) is 4.98 Å². The van der Waals surface area contributed by atoms with Crippen LogP contribution in [-0.4, -0.2) is 30.3 Å². The molecule has 1 aromatic heterocycles. The van der Waals surface area contributed by atoms with E-state index >= 15 is 0 Å². The third-order valence-electron chi connectivity index (χ3n) is 3.95. The Bertz CT molecular complexity index is 1030. The molecule has 3 rings (SSSR count). The Kier molecular flexibility index (Phi) is 6.48. The average Bonchev–Trinajstić information content (AvgIpc) is 2.71. The lowest BCUT2D eigenvalue weighted by Gasteiger charge is -2.12. The highest BCUT2D eigenvalue weighted by Crippen LogP contribution is 2.23. The molecule has 0 unspecified atom stereocenters. The van der Waals surface area contributed by atoms with Crippen LogP contribution in [0.15, 0.2) is 48.5 Å². The molecule has 0 saturated heterocycles. The van der Waals surface area contributed by atoms with E-state index in [1.165, 1.54) is 0 Å². The standard InChI is InChI=1S/C20H18ClN5OS/c1-27-17-6-7-18-13(11-17)10-14(12-22)19(26-18)23-8-9-24-20(28)25-16-4-2-15(21)3-5-16/h2-7,10-11H,8-9H2,1H3,(H,23,26)(H2,24,25,28). The summed E-state index contributed by atoms with van der Waals surface area (Å²) in [5.41, 5.74) is 2.12. The molecule has 0 spiro atoms. The van der Waals surface area contributed by atoms with E-state index in [-0.39, 0.29) is 0 Å². The number of thiocarbonyl (C=S) groups is 1. The number of nitrogens with one attached hydrogen (secondary N) is 3. The minimum absolute atomic E-state index is 0.475. The Morgan fingerprint density at radius 2 is 1.96 bits per heavy atom. The summed E-state index contributed by atoms with van der Waals surface area (Å²) in [6.07, 6.45) is 0. The number of benzene rings is 2. The molecule has 0 aliphatic heterocycles. The minimum Gasteiger partial charge on any atom is -0.497 e. The van der Waals surface area contributed by atoms with E-state index in [0.29, 0.717) is 34.6 Å². The highest BCUT2D eigenvalue weighted by Gasteiger charge is 2.07. The normalized spacial score (nSPS) is 10.2. The predicted octanol–water partition coefficient (Wildman–Crippen LogP) is 4.17. The highest BCUT2D eigenvalue weighted by molar-refractivity contribution is 7.80. The van der Waals surface area contributed by atoms with E-state index in [1.807, 2.05) is 30.3 Å². The van der Waals surface area contributed by atoms with Crippen molar-refractivity contribution in [1.82, 2.24) is 10.3 Å². The minimum atomic E-state index is 0.475. The van der Waals surface area contributed by atoms with Crippen LogP contribution in [0, 0.1) is 11.3 Å². The first-order valence-electron chi connectivity index (χ1n) is 8.52. The molecule has 8 heteroatoms. The number of methoxy groups -OCH3 is 1. The maximum absolute atomic E-state index is 9.42. The fraction of sp³-hybridized carbons (Fsp3) is 0.150. The van der Waals surface area contributed by atoms with Gasteiger partial charge in [0, 0.05) is 29.2 Å². The zero-order chi connectivity index (χ0) is 19.9. The maximum Gasteiger partial charge on any atom is 0.170 e. The summed E-state index contributed by atoms with van der Waals surface area (Å²) in [4.78, 5) is 4.54. The number of halogens is 1. The number of aromatic nitrogens is 1. The Morgan fingerprint density at radius 3 is 2.68 bits per heavy atom. The summed E-state index contributed by atoms with van der Waals surface area (Å²) in [5, 5.41) is 20.8. The molecule has 3 aromatic rings. The molecule has 142 valence electrons. The zero-order valence-electron chi connectivity index (χ0n) is 15.1. The highest BCUT2D eigenvalue weighted by atomic mass is 35.5. The average molecular weight is 412 g/mol. The summed E-state index contributed by atoms with van der Waals surface area (Å²) >= 11 is 11.1. The van der Waals surface area contributed by atoms with Crippen LogP contribution < -0.4 is 20.7 Å². The molecule has 0 aliphatic rings. The molecule has 3 N–H and O–H groups in total. The van der Waals surface area contributed by atoms with Crippen molar-refractivity contribution in [1.29, 1.82) is 5.26 Å². The topological polar surface area (TPSA) is 82.0 Å². The van der Waals surface area contributed by atoms with Gasteiger partial charge in [-0.1, -0.05) is 11.6 Å². The Balaban J connectivity index is 1.56. The molecular formula is C20H18ClN5OS. The van der Waals surface area contributed by atoms with Gasteiger partial charge >= 0.3 is 0 Å². The van der Waals surface area contributed by atoms with Crippen LogP contribution >= 0.6 is 23.8 Å². The lowest BCUT2D eigenvalue weighted by Crippen LogP contribution is -2.32. The zero-order valence-corrected chi connectivity index (χ0v) is 16.7. The number of hydrogen-bond acceptors (Lipinski definition) is 5. The number of rotatable bonds is 6. The third kappa shape index (κ3) is 5.00. The van der Waals surface area contributed by atoms with Crippen molar-refractivity contribution in [2.45, 2.75) is 0 Å². The van der Waals surface area contributed by atoms with Crippen molar-refractivity contribution in [3.63, 3.8) is 0 Å². The Labute approximate surface area is 173 Å². The first-order valence-corrected chi connectivity index (χ1v) is 9.31. The van der Waals surface area contributed by atoms with Crippen LogP contribution in [-0.2, 0) is 0 Å². The summed E-state index contributed by atoms with van der Waals surface area (Å²) in [5.74, 6) is 1.27. The molecular weight excluding hydrogens is 394 g/mol. The monoisotopic (exact) mass is 411 g/mol. The predicted molar refractivity (Wildman–Crippen MR) is 117 cm³/mol. The fourth-order valence-corrected chi connectivity index (χ4v) is 2.91. The van der Waals surface area contributed by atoms with Crippen molar-refractivity contribution in [3.05, 3.63) is 59.1 Å². The summed E-state index contributed by atoms with van der Waals surface area (Å²) in [6.45, 7) is 1.11. The van der Waals surface area contributed by atoms with Crippen molar-refractivity contribution < 1.29 is 4.74 Å².